The number of aliphatic hydroxyl groups is 1. The van der Waals surface area contributed by atoms with E-state index in [1.54, 1.807) is 12.3 Å². The van der Waals surface area contributed by atoms with Crippen molar-refractivity contribution in [2.45, 2.75) is 37.8 Å². The summed E-state index contributed by atoms with van der Waals surface area (Å²) in [5, 5.41) is 16.1. The molecular formula is C13H19BrN4O. The molecule has 0 atom stereocenters. The fourth-order valence-corrected chi connectivity index (χ4v) is 2.46. The van der Waals surface area contributed by atoms with Crippen molar-refractivity contribution >= 4 is 27.6 Å². The second kappa shape index (κ2) is 6.86. The normalized spacial score (nSPS) is 22.8. The summed E-state index contributed by atoms with van der Waals surface area (Å²) in [6.07, 6.45) is 6.89. The lowest BCUT2D eigenvalue weighted by molar-refractivity contribution is 0.126. The largest absolute Gasteiger partial charge is 0.393 e. The molecule has 1 aromatic heterocycles. The Balaban J connectivity index is 2.04. The number of nitrogens with zero attached hydrogens (tertiary/aromatic N) is 2. The molecule has 1 aliphatic rings. The molecule has 1 heterocycles. The average Bonchev–Trinajstić information content (AvgIpc) is 2.40. The van der Waals surface area contributed by atoms with E-state index in [9.17, 15) is 5.11 Å². The predicted molar refractivity (Wildman–Crippen MR) is 80.3 cm³/mol. The third-order valence-corrected chi connectivity index (χ3v) is 3.58. The van der Waals surface area contributed by atoms with E-state index in [2.05, 4.69) is 43.1 Å². The van der Waals surface area contributed by atoms with E-state index >= 15 is 0 Å². The zero-order valence-electron chi connectivity index (χ0n) is 10.8. The van der Waals surface area contributed by atoms with Gasteiger partial charge < -0.3 is 15.7 Å². The number of anilines is 2. The molecule has 5 nitrogen and oxygen atoms in total. The SMILES string of the molecule is C=[13CH][13CH2]Nc1ncc(Br)nc1NC1CCC(O)CC1. The summed E-state index contributed by atoms with van der Waals surface area (Å²) in [5.41, 5.74) is 0. The molecule has 0 spiro atoms. The molecule has 6 heteroatoms. The molecule has 1 saturated carbocycles. The number of hydrogen-bond donors (Lipinski definition) is 3. The van der Waals surface area contributed by atoms with Crippen LogP contribution in [0.25, 0.3) is 0 Å². The summed E-state index contributed by atoms with van der Waals surface area (Å²) in [4.78, 5) is 8.74. The van der Waals surface area contributed by atoms with Crippen molar-refractivity contribution in [1.82, 2.24) is 9.97 Å². The summed E-state index contributed by atoms with van der Waals surface area (Å²) in [7, 11) is 0. The van der Waals surface area contributed by atoms with Gasteiger partial charge in [0, 0.05) is 12.6 Å². The molecule has 1 aromatic rings. The Bertz CT molecular complexity index is 433. The van der Waals surface area contributed by atoms with Gasteiger partial charge in [-0.2, -0.15) is 0 Å². The highest BCUT2D eigenvalue weighted by atomic mass is 79.9. The van der Waals surface area contributed by atoms with E-state index in [1.165, 1.54) is 0 Å². The maximum Gasteiger partial charge on any atom is 0.170 e. The molecule has 3 N–H and O–H groups in total. The van der Waals surface area contributed by atoms with Gasteiger partial charge >= 0.3 is 0 Å². The molecule has 104 valence electrons. The quantitative estimate of drug-likeness (QED) is 0.572. The molecule has 19 heavy (non-hydrogen) atoms. The molecular weight excluding hydrogens is 310 g/mol. The fraction of sp³-hybridized carbons (Fsp3) is 0.538. The van der Waals surface area contributed by atoms with E-state index in [0.29, 0.717) is 17.2 Å². The van der Waals surface area contributed by atoms with Gasteiger partial charge in [-0.15, -0.1) is 6.58 Å². The maximum absolute atomic E-state index is 9.52. The molecule has 0 unspecified atom stereocenters. The highest BCUT2D eigenvalue weighted by Gasteiger charge is 2.20. The smallest absolute Gasteiger partial charge is 0.170 e. The Morgan fingerprint density at radius 2 is 2.11 bits per heavy atom. The Hall–Kier alpha value is -1.14. The van der Waals surface area contributed by atoms with Crippen molar-refractivity contribution in [2.24, 2.45) is 0 Å². The number of aliphatic hydroxyl groups excluding tert-OH is 1. The van der Waals surface area contributed by atoms with Crippen LogP contribution < -0.4 is 10.6 Å². The third kappa shape index (κ3) is 4.18. The highest BCUT2D eigenvalue weighted by Crippen LogP contribution is 2.25. The van der Waals surface area contributed by atoms with Gasteiger partial charge in [0.15, 0.2) is 11.6 Å². The summed E-state index contributed by atoms with van der Waals surface area (Å²) in [6, 6.07) is 0.344. The topological polar surface area (TPSA) is 70.1 Å². The lowest BCUT2D eigenvalue weighted by atomic mass is 9.93. The third-order valence-electron chi connectivity index (χ3n) is 3.19. The Kier molecular flexibility index (Phi) is 5.15. The maximum atomic E-state index is 9.52. The first-order valence-corrected chi connectivity index (χ1v) is 7.30. The Morgan fingerprint density at radius 1 is 1.37 bits per heavy atom. The lowest BCUT2D eigenvalue weighted by Crippen LogP contribution is -2.29. The molecule has 1 aliphatic carbocycles. The minimum atomic E-state index is -0.148. The van der Waals surface area contributed by atoms with Crippen LogP contribution in [0.1, 0.15) is 25.7 Å². The van der Waals surface area contributed by atoms with Crippen LogP contribution in [0.2, 0.25) is 0 Å². The summed E-state index contributed by atoms with van der Waals surface area (Å²) < 4.78 is 0.704. The number of nitrogens with one attached hydrogen (secondary N) is 2. The lowest BCUT2D eigenvalue weighted by Gasteiger charge is -2.27. The van der Waals surface area contributed by atoms with Crippen molar-refractivity contribution in [3.8, 4) is 0 Å². The zero-order chi connectivity index (χ0) is 13.7. The average molecular weight is 329 g/mol. The first kappa shape index (κ1) is 14.3. The van der Waals surface area contributed by atoms with Crippen LogP contribution in [0.15, 0.2) is 23.5 Å². The van der Waals surface area contributed by atoms with Crippen molar-refractivity contribution < 1.29 is 5.11 Å². The summed E-state index contributed by atoms with van der Waals surface area (Å²) in [6.45, 7) is 4.33. The van der Waals surface area contributed by atoms with Gasteiger partial charge in [0.2, 0.25) is 0 Å². The molecule has 0 aliphatic heterocycles. The van der Waals surface area contributed by atoms with Gasteiger partial charge in [-0.3, -0.25) is 0 Å². The second-order valence-corrected chi connectivity index (χ2v) is 5.52. The molecule has 0 saturated heterocycles. The van der Waals surface area contributed by atoms with Gasteiger partial charge in [-0.1, -0.05) is 6.08 Å². The van der Waals surface area contributed by atoms with E-state index in [0.717, 1.165) is 37.3 Å². The Labute approximate surface area is 121 Å². The van der Waals surface area contributed by atoms with E-state index in [-0.39, 0.29) is 6.10 Å². The predicted octanol–water partition coefficient (Wildman–Crippen LogP) is 2.55. The molecule has 0 amide bonds. The molecule has 1 fully saturated rings. The number of aromatic nitrogens is 2. The molecule has 0 bridgehead atoms. The van der Waals surface area contributed by atoms with Crippen LogP contribution in [-0.4, -0.2) is 33.8 Å². The standard InChI is InChI=1S/C13H19BrN4O/c1-2-7-15-12-13(18-11(14)8-16-12)17-9-3-5-10(19)6-4-9/h2,8-10,19H,1,3-7H2,(H,15,16)(H,17,18)/i2+1,7+1. The van der Waals surface area contributed by atoms with E-state index < -0.39 is 0 Å². The monoisotopic (exact) mass is 328 g/mol. The molecule has 0 radical (unpaired) electrons. The number of hydrogen-bond acceptors (Lipinski definition) is 5. The van der Waals surface area contributed by atoms with Gasteiger partial charge in [0.1, 0.15) is 4.60 Å². The van der Waals surface area contributed by atoms with Crippen LogP contribution in [0.4, 0.5) is 11.6 Å². The minimum absolute atomic E-state index is 0.148. The number of halogens is 1. The molecule has 0 aromatic carbocycles. The fourth-order valence-electron chi connectivity index (χ4n) is 2.18. The summed E-state index contributed by atoms with van der Waals surface area (Å²) >= 11 is 3.34. The zero-order valence-corrected chi connectivity index (χ0v) is 12.4. The van der Waals surface area contributed by atoms with E-state index in [4.69, 9.17) is 0 Å². The first-order valence-electron chi connectivity index (χ1n) is 6.51. The summed E-state index contributed by atoms with van der Waals surface area (Å²) in [5.74, 6) is 1.48. The van der Waals surface area contributed by atoms with Crippen molar-refractivity contribution in [1.29, 1.82) is 0 Å². The highest BCUT2D eigenvalue weighted by molar-refractivity contribution is 9.10. The van der Waals surface area contributed by atoms with Crippen molar-refractivity contribution in [2.75, 3.05) is 17.2 Å². The van der Waals surface area contributed by atoms with Crippen molar-refractivity contribution in [3.05, 3.63) is 23.5 Å². The van der Waals surface area contributed by atoms with Gasteiger partial charge in [-0.05, 0) is 41.6 Å². The second-order valence-electron chi connectivity index (χ2n) is 4.71. The Morgan fingerprint density at radius 3 is 2.79 bits per heavy atom. The van der Waals surface area contributed by atoms with Gasteiger partial charge in [-0.25, -0.2) is 9.97 Å². The first-order chi connectivity index (χ1) is 9.19. The van der Waals surface area contributed by atoms with Crippen LogP contribution in [0.5, 0.6) is 0 Å². The molecule has 2 rings (SSSR count). The van der Waals surface area contributed by atoms with Crippen LogP contribution in [0, 0.1) is 0 Å². The van der Waals surface area contributed by atoms with Crippen LogP contribution >= 0.6 is 15.9 Å². The number of rotatable bonds is 5. The van der Waals surface area contributed by atoms with Gasteiger partial charge in [0.05, 0.1) is 12.3 Å². The van der Waals surface area contributed by atoms with Crippen LogP contribution in [0.3, 0.4) is 0 Å². The van der Waals surface area contributed by atoms with E-state index in [1.807, 2.05) is 0 Å². The minimum Gasteiger partial charge on any atom is -0.393 e. The van der Waals surface area contributed by atoms with Gasteiger partial charge in [0.25, 0.3) is 0 Å². The van der Waals surface area contributed by atoms with Crippen LogP contribution in [-0.2, 0) is 0 Å². The van der Waals surface area contributed by atoms with Crippen molar-refractivity contribution in [3.63, 3.8) is 0 Å².